The van der Waals surface area contributed by atoms with E-state index in [9.17, 15) is 9.18 Å². The molecular formula is C23H34ClFN6O2. The van der Waals surface area contributed by atoms with Crippen molar-refractivity contribution in [3.63, 3.8) is 0 Å². The molecule has 1 saturated carbocycles. The maximum atomic E-state index is 13.5. The van der Waals surface area contributed by atoms with Gasteiger partial charge in [0.05, 0.1) is 12.0 Å². The van der Waals surface area contributed by atoms with E-state index in [1.807, 2.05) is 6.92 Å². The van der Waals surface area contributed by atoms with Crippen LogP contribution in [0.25, 0.3) is 0 Å². The lowest BCUT2D eigenvalue weighted by molar-refractivity contribution is -0.123. The number of aliphatic imine (C=N–C) groups is 1. The molecule has 2 fully saturated rings. The van der Waals surface area contributed by atoms with Gasteiger partial charge in [-0.2, -0.15) is 5.10 Å². The molecule has 0 bridgehead atoms. The molecule has 0 aromatic heterocycles. The highest BCUT2D eigenvalue weighted by molar-refractivity contribution is 6.32. The molecule has 1 saturated heterocycles. The van der Waals surface area contributed by atoms with E-state index in [0.717, 1.165) is 44.3 Å². The molecule has 1 aromatic rings. The number of amidine groups is 1. The maximum absolute atomic E-state index is 13.5. The molecule has 1 aliphatic heterocycles. The largest absolute Gasteiger partial charge is 0.354 e. The van der Waals surface area contributed by atoms with Crippen LogP contribution < -0.4 is 16.1 Å². The lowest BCUT2D eigenvalue weighted by atomic mass is 9.94. The summed E-state index contributed by atoms with van der Waals surface area (Å²) in [7, 11) is 1.68. The van der Waals surface area contributed by atoms with Crippen molar-refractivity contribution in [2.75, 3.05) is 39.8 Å². The van der Waals surface area contributed by atoms with E-state index in [4.69, 9.17) is 16.4 Å². The molecule has 10 heteroatoms. The van der Waals surface area contributed by atoms with Crippen molar-refractivity contribution in [1.29, 1.82) is 0 Å². The molecule has 3 rings (SSSR count). The van der Waals surface area contributed by atoms with Crippen LogP contribution in [0.4, 0.5) is 4.39 Å². The number of hydrogen-bond acceptors (Lipinski definition) is 6. The van der Waals surface area contributed by atoms with Crippen molar-refractivity contribution in [3.05, 3.63) is 34.6 Å². The number of hydrogen-bond donors (Lipinski definition) is 3. The zero-order chi connectivity index (χ0) is 23.8. The number of carbonyl (C=O) groups is 1. The highest BCUT2D eigenvalue weighted by Crippen LogP contribution is 2.51. The van der Waals surface area contributed by atoms with Crippen molar-refractivity contribution in [2.45, 2.75) is 44.1 Å². The van der Waals surface area contributed by atoms with Crippen molar-refractivity contribution in [2.24, 2.45) is 16.0 Å². The van der Waals surface area contributed by atoms with Crippen LogP contribution in [0.3, 0.4) is 0 Å². The zero-order valence-electron chi connectivity index (χ0n) is 19.4. The van der Waals surface area contributed by atoms with Crippen molar-refractivity contribution in [3.8, 4) is 0 Å². The molecule has 0 spiro atoms. The van der Waals surface area contributed by atoms with Gasteiger partial charge >= 0.3 is 0 Å². The van der Waals surface area contributed by atoms with Crippen LogP contribution in [0.5, 0.6) is 0 Å². The summed E-state index contributed by atoms with van der Waals surface area (Å²) < 4.78 is 13.5. The standard InChI is InChI=1S/C23H34ClFN6O2/c1-16(14-31(27-3)15-21(32)29-13-17-6-10-28-11-7-17)33-30-22(26-2)23(8-9-23)19-5-4-18(25)12-20(19)24/h4-5,12,16-17,28H,3,6-11,13-15H2,1-2H3,(H,26,30)(H,29,32). The molecule has 1 amide bonds. The van der Waals surface area contributed by atoms with Gasteiger partial charge in [0.2, 0.25) is 5.91 Å². The first-order chi connectivity index (χ1) is 15.9. The quantitative estimate of drug-likeness (QED) is 0.257. The number of nitrogens with one attached hydrogen (secondary N) is 3. The molecule has 1 aliphatic carbocycles. The Morgan fingerprint density at radius 2 is 2.15 bits per heavy atom. The number of hydrazone groups is 1. The van der Waals surface area contributed by atoms with Crippen LogP contribution in [0, 0.1) is 11.7 Å². The van der Waals surface area contributed by atoms with E-state index < -0.39 is 5.41 Å². The SMILES string of the molecule is C=NN(CC(=O)NCC1CCNCC1)CC(C)ONC(=NC)C1(c2ccc(F)cc2Cl)CC1. The Morgan fingerprint density at radius 1 is 1.42 bits per heavy atom. The Bertz CT molecular complexity index is 857. The predicted octanol–water partition coefficient (Wildman–Crippen LogP) is 2.48. The molecule has 1 atom stereocenters. The number of piperidine rings is 1. The Labute approximate surface area is 199 Å². The number of benzene rings is 1. The third-order valence-corrected chi connectivity index (χ3v) is 6.58. The van der Waals surface area contributed by atoms with Gasteiger partial charge < -0.3 is 10.6 Å². The second-order valence-corrected chi connectivity index (χ2v) is 9.20. The van der Waals surface area contributed by atoms with E-state index in [1.165, 1.54) is 12.1 Å². The number of halogens is 2. The summed E-state index contributed by atoms with van der Waals surface area (Å²) in [4.78, 5) is 22.5. The van der Waals surface area contributed by atoms with E-state index in [2.05, 4.69) is 32.9 Å². The molecule has 8 nitrogen and oxygen atoms in total. The highest BCUT2D eigenvalue weighted by Gasteiger charge is 2.50. The first-order valence-corrected chi connectivity index (χ1v) is 11.8. The number of carbonyl (C=O) groups excluding carboxylic acids is 1. The molecule has 33 heavy (non-hydrogen) atoms. The fourth-order valence-corrected chi connectivity index (χ4v) is 4.57. The number of amides is 1. The van der Waals surface area contributed by atoms with Crippen molar-refractivity contribution >= 4 is 30.1 Å². The van der Waals surface area contributed by atoms with Crippen molar-refractivity contribution in [1.82, 2.24) is 21.1 Å². The predicted molar refractivity (Wildman–Crippen MR) is 129 cm³/mol. The molecule has 182 valence electrons. The maximum Gasteiger partial charge on any atom is 0.241 e. The zero-order valence-corrected chi connectivity index (χ0v) is 20.1. The van der Waals surface area contributed by atoms with Crippen LogP contribution in [-0.4, -0.2) is 69.3 Å². The van der Waals surface area contributed by atoms with Crippen LogP contribution in [0.1, 0.15) is 38.2 Å². The van der Waals surface area contributed by atoms with Gasteiger partial charge in [0.15, 0.2) is 0 Å². The highest BCUT2D eigenvalue weighted by atomic mass is 35.5. The molecule has 1 unspecified atom stereocenters. The third-order valence-electron chi connectivity index (χ3n) is 6.27. The molecule has 1 aromatic carbocycles. The second kappa shape index (κ2) is 11.8. The minimum Gasteiger partial charge on any atom is -0.354 e. The average molecular weight is 481 g/mol. The summed E-state index contributed by atoms with van der Waals surface area (Å²) in [5, 5.41) is 12.2. The Hall–Kier alpha value is -2.23. The van der Waals surface area contributed by atoms with Gasteiger partial charge in [-0.15, -0.1) is 0 Å². The van der Waals surface area contributed by atoms with Gasteiger partial charge in [0, 0.05) is 25.3 Å². The monoisotopic (exact) mass is 480 g/mol. The number of hydroxylamine groups is 1. The lowest BCUT2D eigenvalue weighted by Gasteiger charge is -2.26. The molecule has 1 heterocycles. The first-order valence-electron chi connectivity index (χ1n) is 11.4. The van der Waals surface area contributed by atoms with Crippen molar-refractivity contribution < 1.29 is 14.0 Å². The summed E-state index contributed by atoms with van der Waals surface area (Å²) in [5.74, 6) is 0.701. The Kier molecular flexibility index (Phi) is 9.05. The minimum absolute atomic E-state index is 0.0835. The van der Waals surface area contributed by atoms with Gasteiger partial charge in [-0.05, 0) is 69.3 Å². The van der Waals surface area contributed by atoms with Crippen LogP contribution in [0.15, 0.2) is 28.3 Å². The second-order valence-electron chi connectivity index (χ2n) is 8.80. The van der Waals surface area contributed by atoms with Gasteiger partial charge in [-0.1, -0.05) is 17.7 Å². The minimum atomic E-state index is -0.399. The van der Waals surface area contributed by atoms with Gasteiger partial charge in [-0.25, -0.2) is 4.39 Å². The van der Waals surface area contributed by atoms with E-state index in [-0.39, 0.29) is 24.4 Å². The van der Waals surface area contributed by atoms with E-state index in [0.29, 0.717) is 29.9 Å². The topological polar surface area (TPSA) is 90.4 Å². The van der Waals surface area contributed by atoms with E-state index in [1.54, 1.807) is 18.1 Å². The van der Waals surface area contributed by atoms with E-state index >= 15 is 0 Å². The smallest absolute Gasteiger partial charge is 0.241 e. The Morgan fingerprint density at radius 3 is 2.76 bits per heavy atom. The van der Waals surface area contributed by atoms with Gasteiger partial charge in [0.1, 0.15) is 24.3 Å². The third kappa shape index (κ3) is 6.88. The number of rotatable bonds is 11. The number of nitrogens with zero attached hydrogens (tertiary/aromatic N) is 3. The molecule has 0 radical (unpaired) electrons. The summed E-state index contributed by atoms with van der Waals surface area (Å²) in [6.07, 6.45) is 3.53. The fraction of sp³-hybridized carbons (Fsp3) is 0.609. The lowest BCUT2D eigenvalue weighted by Crippen LogP contribution is -2.43. The first kappa shape index (κ1) is 25.4. The fourth-order valence-electron chi connectivity index (χ4n) is 4.22. The summed E-state index contributed by atoms with van der Waals surface area (Å²) in [5.41, 5.74) is 3.40. The summed E-state index contributed by atoms with van der Waals surface area (Å²) in [6.45, 7) is 8.62. The normalized spacial score (nSPS) is 19.0. The van der Waals surface area contributed by atoms with Crippen LogP contribution in [-0.2, 0) is 15.0 Å². The Balaban J connectivity index is 1.47. The van der Waals surface area contributed by atoms with Crippen LogP contribution >= 0.6 is 11.6 Å². The molecule has 2 aliphatic rings. The summed E-state index contributed by atoms with van der Waals surface area (Å²) >= 11 is 6.30. The molecule has 3 N–H and O–H groups in total. The molecular weight excluding hydrogens is 447 g/mol. The van der Waals surface area contributed by atoms with Crippen LogP contribution in [0.2, 0.25) is 5.02 Å². The summed E-state index contributed by atoms with van der Waals surface area (Å²) in [6, 6.07) is 4.42. The average Bonchev–Trinajstić information content (AvgIpc) is 3.59. The van der Waals surface area contributed by atoms with Gasteiger partial charge in [-0.3, -0.25) is 25.1 Å². The van der Waals surface area contributed by atoms with Gasteiger partial charge in [0.25, 0.3) is 0 Å².